The van der Waals surface area contributed by atoms with Crippen molar-refractivity contribution in [1.82, 2.24) is 0 Å². The maximum absolute atomic E-state index is 12.1. The van der Waals surface area contributed by atoms with E-state index in [1.807, 2.05) is 6.07 Å². The number of fused-ring (bicyclic) bond motifs is 3. The van der Waals surface area contributed by atoms with Gasteiger partial charge in [-0.05, 0) is 44.4 Å². The number of hydrogen-bond donors (Lipinski definition) is 1. The number of benzene rings is 1. The maximum atomic E-state index is 12.1. The van der Waals surface area contributed by atoms with Crippen molar-refractivity contribution in [2.24, 2.45) is 0 Å². The fourth-order valence-electron chi connectivity index (χ4n) is 2.94. The summed E-state index contributed by atoms with van der Waals surface area (Å²) in [4.78, 5) is 26.0. The smallest absolute Gasteiger partial charge is 0.338 e. The number of nitrogens with zero attached hydrogens (tertiary/aromatic N) is 1. The van der Waals surface area contributed by atoms with Gasteiger partial charge in [0.2, 0.25) is 5.91 Å². The number of carbonyl (C=O) groups excluding carboxylic acids is 2. The normalized spacial score (nSPS) is 20.8. The molecule has 0 aliphatic carbocycles. The van der Waals surface area contributed by atoms with Gasteiger partial charge in [-0.1, -0.05) is 0 Å². The van der Waals surface area contributed by atoms with Gasteiger partial charge in [0.05, 0.1) is 23.5 Å². The molecule has 2 aliphatic rings. The second-order valence-electron chi connectivity index (χ2n) is 5.15. The summed E-state index contributed by atoms with van der Waals surface area (Å²) in [6, 6.07) is 5.31. The van der Waals surface area contributed by atoms with Gasteiger partial charge in [0.15, 0.2) is 0 Å². The molecule has 0 bridgehead atoms. The number of nitrogens with one attached hydrogen (secondary N) is 1. The Kier molecular flexibility index (Phi) is 3.34. The third kappa shape index (κ3) is 2.13. The van der Waals surface area contributed by atoms with Crippen LogP contribution in [0.2, 0.25) is 0 Å². The zero-order valence-corrected chi connectivity index (χ0v) is 11.5. The third-order valence-electron chi connectivity index (χ3n) is 3.88. The van der Waals surface area contributed by atoms with E-state index in [9.17, 15) is 9.59 Å². The van der Waals surface area contributed by atoms with Crippen LogP contribution in [0.1, 0.15) is 36.5 Å². The maximum Gasteiger partial charge on any atom is 0.338 e. The van der Waals surface area contributed by atoms with E-state index in [-0.39, 0.29) is 17.9 Å². The molecule has 1 N–H and O–H groups in total. The zero-order valence-electron chi connectivity index (χ0n) is 11.5. The quantitative estimate of drug-likeness (QED) is 0.840. The summed E-state index contributed by atoms with van der Waals surface area (Å²) < 4.78 is 4.99. The Hall–Kier alpha value is -2.04. The first kappa shape index (κ1) is 13.0. The number of piperidine rings is 1. The molecule has 0 saturated carbocycles. The first-order valence-corrected chi connectivity index (χ1v) is 7.09. The van der Waals surface area contributed by atoms with E-state index in [1.165, 1.54) is 0 Å². The number of amides is 1. The van der Waals surface area contributed by atoms with Crippen LogP contribution >= 0.6 is 0 Å². The Labute approximate surface area is 117 Å². The molecule has 3 rings (SSSR count). The van der Waals surface area contributed by atoms with Gasteiger partial charge in [-0.25, -0.2) is 4.79 Å². The van der Waals surface area contributed by atoms with Crippen LogP contribution in [-0.4, -0.2) is 31.1 Å². The number of ether oxygens (including phenoxy) is 1. The van der Waals surface area contributed by atoms with E-state index in [1.54, 1.807) is 19.1 Å². The van der Waals surface area contributed by atoms with Crippen molar-refractivity contribution in [3.8, 4) is 0 Å². The van der Waals surface area contributed by atoms with Crippen molar-refractivity contribution in [2.75, 3.05) is 23.4 Å². The molecule has 1 saturated heterocycles. The summed E-state index contributed by atoms with van der Waals surface area (Å²) in [6.07, 6.45) is 3.08. The molecule has 0 unspecified atom stereocenters. The zero-order chi connectivity index (χ0) is 14.1. The number of esters is 1. The van der Waals surface area contributed by atoms with E-state index in [4.69, 9.17) is 4.74 Å². The van der Waals surface area contributed by atoms with E-state index in [0.29, 0.717) is 17.9 Å². The van der Waals surface area contributed by atoms with Crippen LogP contribution in [0.3, 0.4) is 0 Å². The monoisotopic (exact) mass is 274 g/mol. The van der Waals surface area contributed by atoms with Gasteiger partial charge in [-0.3, -0.25) is 4.79 Å². The summed E-state index contributed by atoms with van der Waals surface area (Å²) >= 11 is 0. The van der Waals surface area contributed by atoms with Crippen molar-refractivity contribution in [1.29, 1.82) is 0 Å². The molecule has 2 heterocycles. The summed E-state index contributed by atoms with van der Waals surface area (Å²) in [5.74, 6) is -0.330. The minimum absolute atomic E-state index is 0.0261. The fraction of sp³-hybridized carbons (Fsp3) is 0.467. The minimum Gasteiger partial charge on any atom is -0.462 e. The Balaban J connectivity index is 1.94. The molecule has 0 radical (unpaired) electrons. The Morgan fingerprint density at radius 3 is 3.10 bits per heavy atom. The Morgan fingerprint density at radius 2 is 2.30 bits per heavy atom. The summed E-state index contributed by atoms with van der Waals surface area (Å²) in [5, 5.41) is 2.91. The number of anilines is 2. The number of hydrogen-bond acceptors (Lipinski definition) is 4. The van der Waals surface area contributed by atoms with Crippen LogP contribution in [0.4, 0.5) is 11.4 Å². The Bertz CT molecular complexity index is 556. The van der Waals surface area contributed by atoms with E-state index < -0.39 is 0 Å². The van der Waals surface area contributed by atoms with Crippen LogP contribution in [0.15, 0.2) is 18.2 Å². The molecule has 1 aromatic carbocycles. The molecule has 106 valence electrons. The lowest BCUT2D eigenvalue weighted by atomic mass is 9.97. The van der Waals surface area contributed by atoms with Gasteiger partial charge in [-0.2, -0.15) is 0 Å². The Morgan fingerprint density at radius 1 is 1.45 bits per heavy atom. The second kappa shape index (κ2) is 5.15. The first-order chi connectivity index (χ1) is 9.70. The SMILES string of the molecule is CCOC(=O)c1ccc2c(c1)NC(=O)[C@H]1CCCCN21. The highest BCUT2D eigenvalue weighted by Crippen LogP contribution is 2.36. The number of rotatable bonds is 2. The first-order valence-electron chi connectivity index (χ1n) is 7.09. The highest BCUT2D eigenvalue weighted by Gasteiger charge is 2.34. The molecule has 0 aromatic heterocycles. The fourth-order valence-corrected chi connectivity index (χ4v) is 2.94. The van der Waals surface area contributed by atoms with Gasteiger partial charge in [0.25, 0.3) is 0 Å². The topological polar surface area (TPSA) is 58.6 Å². The molecule has 1 fully saturated rings. The molecule has 0 spiro atoms. The van der Waals surface area contributed by atoms with Crippen molar-refractivity contribution < 1.29 is 14.3 Å². The van der Waals surface area contributed by atoms with E-state index in [0.717, 1.165) is 31.5 Å². The highest BCUT2D eigenvalue weighted by atomic mass is 16.5. The molecule has 2 aliphatic heterocycles. The van der Waals surface area contributed by atoms with Gasteiger partial charge in [0.1, 0.15) is 6.04 Å². The molecule has 5 heteroatoms. The summed E-state index contributed by atoms with van der Waals surface area (Å²) in [7, 11) is 0. The van der Waals surface area contributed by atoms with Crippen molar-refractivity contribution >= 4 is 23.3 Å². The van der Waals surface area contributed by atoms with Gasteiger partial charge < -0.3 is 15.0 Å². The molecular formula is C15H18N2O3. The van der Waals surface area contributed by atoms with Crippen molar-refractivity contribution in [2.45, 2.75) is 32.2 Å². The van der Waals surface area contributed by atoms with Crippen LogP contribution < -0.4 is 10.2 Å². The lowest BCUT2D eigenvalue weighted by molar-refractivity contribution is -0.118. The largest absolute Gasteiger partial charge is 0.462 e. The van der Waals surface area contributed by atoms with Gasteiger partial charge in [-0.15, -0.1) is 0 Å². The minimum atomic E-state index is -0.356. The predicted molar refractivity (Wildman–Crippen MR) is 76.0 cm³/mol. The summed E-state index contributed by atoms with van der Waals surface area (Å²) in [6.45, 7) is 3.01. The highest BCUT2D eigenvalue weighted by molar-refractivity contribution is 6.05. The lowest BCUT2D eigenvalue weighted by Gasteiger charge is -2.41. The van der Waals surface area contributed by atoms with Gasteiger partial charge in [0, 0.05) is 6.54 Å². The lowest BCUT2D eigenvalue weighted by Crippen LogP contribution is -2.50. The molecule has 1 atom stereocenters. The third-order valence-corrected chi connectivity index (χ3v) is 3.88. The summed E-state index contributed by atoms with van der Waals surface area (Å²) in [5.41, 5.74) is 2.18. The average molecular weight is 274 g/mol. The van der Waals surface area contributed by atoms with Crippen molar-refractivity contribution in [3.63, 3.8) is 0 Å². The van der Waals surface area contributed by atoms with Crippen LogP contribution in [0.25, 0.3) is 0 Å². The van der Waals surface area contributed by atoms with E-state index in [2.05, 4.69) is 10.2 Å². The standard InChI is InChI=1S/C15H18N2O3/c1-2-20-15(19)10-6-7-12-11(9-10)16-14(18)13-5-3-4-8-17(12)13/h6-7,9,13H,2-5,8H2,1H3,(H,16,18)/t13-/m1/s1. The van der Waals surface area contributed by atoms with Gasteiger partial charge >= 0.3 is 5.97 Å². The van der Waals surface area contributed by atoms with Crippen molar-refractivity contribution in [3.05, 3.63) is 23.8 Å². The molecule has 1 amide bonds. The van der Waals surface area contributed by atoms with Crippen LogP contribution in [0, 0.1) is 0 Å². The predicted octanol–water partition coefficient (Wildman–Crippen LogP) is 2.17. The average Bonchev–Trinajstić information content (AvgIpc) is 2.47. The van der Waals surface area contributed by atoms with Crippen LogP contribution in [-0.2, 0) is 9.53 Å². The molecule has 5 nitrogen and oxygen atoms in total. The number of carbonyl (C=O) groups is 2. The van der Waals surface area contributed by atoms with Crippen LogP contribution in [0.5, 0.6) is 0 Å². The molecule has 1 aromatic rings. The van der Waals surface area contributed by atoms with E-state index >= 15 is 0 Å². The molecular weight excluding hydrogens is 256 g/mol. The second-order valence-corrected chi connectivity index (χ2v) is 5.15. The molecule has 20 heavy (non-hydrogen) atoms.